The lowest BCUT2D eigenvalue weighted by molar-refractivity contribution is 1.26. The van der Waals surface area contributed by atoms with Gasteiger partial charge in [0.2, 0.25) is 0 Å². The van der Waals surface area contributed by atoms with Gasteiger partial charge in [0.1, 0.15) is 0 Å². The van der Waals surface area contributed by atoms with Crippen LogP contribution < -0.4 is 10.6 Å². The SMILES string of the molecule is CC1=c2[nH]c3ccc(C)cc3c2=CC=CC1. The molecule has 0 saturated carbocycles. The molecular weight excluding hydrogens is 194 g/mol. The third-order valence-corrected chi connectivity index (χ3v) is 3.24. The minimum absolute atomic E-state index is 1.04. The van der Waals surface area contributed by atoms with Gasteiger partial charge in [-0.2, -0.15) is 0 Å². The third-order valence-electron chi connectivity index (χ3n) is 3.24. The summed E-state index contributed by atoms with van der Waals surface area (Å²) >= 11 is 0. The highest BCUT2D eigenvalue weighted by molar-refractivity contribution is 5.83. The van der Waals surface area contributed by atoms with Gasteiger partial charge in [0.15, 0.2) is 0 Å². The van der Waals surface area contributed by atoms with E-state index in [4.69, 9.17) is 0 Å². The summed E-state index contributed by atoms with van der Waals surface area (Å²) in [6.45, 7) is 4.34. The lowest BCUT2D eigenvalue weighted by Gasteiger charge is -1.92. The number of fused-ring (bicyclic) bond motifs is 3. The number of H-pyrrole nitrogens is 1. The van der Waals surface area contributed by atoms with Crippen LogP contribution in [0.1, 0.15) is 18.9 Å². The molecule has 0 radical (unpaired) electrons. The van der Waals surface area contributed by atoms with Crippen LogP contribution >= 0.6 is 0 Å². The summed E-state index contributed by atoms with van der Waals surface area (Å²) in [6, 6.07) is 6.58. The zero-order chi connectivity index (χ0) is 11.1. The fourth-order valence-electron chi connectivity index (χ4n) is 2.35. The van der Waals surface area contributed by atoms with E-state index in [9.17, 15) is 0 Å². The van der Waals surface area contributed by atoms with Gasteiger partial charge in [0.05, 0.1) is 0 Å². The summed E-state index contributed by atoms with van der Waals surface area (Å²) in [6.07, 6.45) is 7.62. The first-order valence-electron chi connectivity index (χ1n) is 5.71. The first-order valence-corrected chi connectivity index (χ1v) is 5.71. The van der Waals surface area contributed by atoms with E-state index in [2.05, 4.69) is 55.3 Å². The van der Waals surface area contributed by atoms with E-state index in [0.717, 1.165) is 6.42 Å². The van der Waals surface area contributed by atoms with E-state index >= 15 is 0 Å². The summed E-state index contributed by atoms with van der Waals surface area (Å²) in [7, 11) is 0. The second kappa shape index (κ2) is 3.38. The lowest BCUT2D eigenvalue weighted by Crippen LogP contribution is -2.24. The maximum Gasteiger partial charge on any atom is 0.0465 e. The zero-order valence-electron chi connectivity index (χ0n) is 9.67. The van der Waals surface area contributed by atoms with Crippen LogP contribution in [-0.4, -0.2) is 4.98 Å². The Morgan fingerprint density at radius 1 is 1.19 bits per heavy atom. The quantitative estimate of drug-likeness (QED) is 0.685. The van der Waals surface area contributed by atoms with E-state index < -0.39 is 0 Å². The molecule has 0 unspecified atom stereocenters. The van der Waals surface area contributed by atoms with Gasteiger partial charge in [0, 0.05) is 21.5 Å². The molecule has 80 valence electrons. The summed E-state index contributed by atoms with van der Waals surface area (Å²) in [5.74, 6) is 0. The van der Waals surface area contributed by atoms with Gasteiger partial charge in [-0.3, -0.25) is 0 Å². The number of rotatable bonds is 0. The Morgan fingerprint density at radius 3 is 2.94 bits per heavy atom. The van der Waals surface area contributed by atoms with Crippen LogP contribution in [0.25, 0.3) is 22.6 Å². The Hall–Kier alpha value is -1.76. The van der Waals surface area contributed by atoms with Crippen molar-refractivity contribution in [3.8, 4) is 0 Å². The predicted molar refractivity (Wildman–Crippen MR) is 69.6 cm³/mol. The molecular formula is C15H15N. The number of aromatic amines is 1. The molecule has 1 N–H and O–H groups in total. The predicted octanol–water partition coefficient (Wildman–Crippen LogP) is 2.39. The highest BCUT2D eigenvalue weighted by atomic mass is 14.7. The largest absolute Gasteiger partial charge is 0.355 e. The van der Waals surface area contributed by atoms with E-state index in [0.29, 0.717) is 0 Å². The minimum atomic E-state index is 1.04. The summed E-state index contributed by atoms with van der Waals surface area (Å²) in [5, 5.41) is 3.97. The summed E-state index contributed by atoms with van der Waals surface area (Å²) in [4.78, 5) is 3.52. The van der Waals surface area contributed by atoms with Crippen LogP contribution in [0.2, 0.25) is 0 Å². The Labute approximate surface area is 94.8 Å². The van der Waals surface area contributed by atoms with Gasteiger partial charge in [0.25, 0.3) is 0 Å². The normalized spacial score (nSPS) is 14.8. The molecule has 0 amide bonds. The summed E-state index contributed by atoms with van der Waals surface area (Å²) < 4.78 is 0. The molecule has 0 fully saturated rings. The molecule has 0 bridgehead atoms. The first kappa shape index (κ1) is 9.46. The molecule has 1 heterocycles. The number of hydrogen-bond acceptors (Lipinski definition) is 0. The molecule has 1 nitrogen and oxygen atoms in total. The van der Waals surface area contributed by atoms with Crippen molar-refractivity contribution in [3.05, 3.63) is 46.5 Å². The van der Waals surface area contributed by atoms with E-state index in [-0.39, 0.29) is 0 Å². The van der Waals surface area contributed by atoms with Crippen molar-refractivity contribution in [2.75, 3.05) is 0 Å². The number of nitrogens with one attached hydrogen (secondary N) is 1. The lowest BCUT2D eigenvalue weighted by atomic mass is 10.1. The molecule has 0 aliphatic heterocycles. The maximum absolute atomic E-state index is 3.52. The number of benzene rings is 1. The van der Waals surface area contributed by atoms with Crippen molar-refractivity contribution in [1.29, 1.82) is 0 Å². The molecule has 1 aliphatic rings. The van der Waals surface area contributed by atoms with Crippen molar-refractivity contribution in [1.82, 2.24) is 4.98 Å². The summed E-state index contributed by atoms with van der Waals surface area (Å²) in [5.41, 5.74) is 3.96. The number of allylic oxidation sites excluding steroid dienone is 2. The second-order valence-corrected chi connectivity index (χ2v) is 4.54. The molecule has 1 heteroatoms. The van der Waals surface area contributed by atoms with E-state index in [1.807, 2.05) is 0 Å². The Kier molecular flexibility index (Phi) is 2.00. The molecule has 2 aromatic rings. The van der Waals surface area contributed by atoms with Crippen LogP contribution in [0.15, 0.2) is 30.4 Å². The van der Waals surface area contributed by atoms with Crippen molar-refractivity contribution < 1.29 is 0 Å². The van der Waals surface area contributed by atoms with Gasteiger partial charge in [-0.05, 0) is 38.0 Å². The molecule has 3 rings (SSSR count). The molecule has 1 aromatic carbocycles. The molecule has 1 aromatic heterocycles. The fourth-order valence-corrected chi connectivity index (χ4v) is 2.35. The van der Waals surface area contributed by atoms with Crippen molar-refractivity contribution >= 4 is 22.6 Å². The third kappa shape index (κ3) is 1.32. The fraction of sp³-hybridized carbons (Fsp3) is 0.200. The van der Waals surface area contributed by atoms with Gasteiger partial charge in [-0.25, -0.2) is 0 Å². The topological polar surface area (TPSA) is 15.8 Å². The average Bonchev–Trinajstić information content (AvgIpc) is 2.52. The Morgan fingerprint density at radius 2 is 2.06 bits per heavy atom. The monoisotopic (exact) mass is 209 g/mol. The number of aryl methyl sites for hydroxylation is 1. The standard InChI is InChI=1S/C15H15N/c1-10-7-8-14-13(9-10)12-6-4-3-5-11(2)15(12)16-14/h3-4,6-9,16H,5H2,1-2H3. The van der Waals surface area contributed by atoms with Crippen LogP contribution in [0, 0.1) is 6.92 Å². The van der Waals surface area contributed by atoms with Crippen molar-refractivity contribution in [2.24, 2.45) is 0 Å². The molecule has 0 spiro atoms. The van der Waals surface area contributed by atoms with Crippen LogP contribution in [-0.2, 0) is 0 Å². The van der Waals surface area contributed by atoms with Gasteiger partial charge < -0.3 is 4.98 Å². The minimum Gasteiger partial charge on any atom is -0.355 e. The second-order valence-electron chi connectivity index (χ2n) is 4.54. The van der Waals surface area contributed by atoms with Crippen LogP contribution in [0.4, 0.5) is 0 Å². The number of aromatic nitrogens is 1. The van der Waals surface area contributed by atoms with Crippen LogP contribution in [0.5, 0.6) is 0 Å². The maximum atomic E-state index is 3.52. The van der Waals surface area contributed by atoms with Gasteiger partial charge >= 0.3 is 0 Å². The molecule has 16 heavy (non-hydrogen) atoms. The highest BCUT2D eigenvalue weighted by Crippen LogP contribution is 2.10. The Bertz CT molecular complexity index is 699. The van der Waals surface area contributed by atoms with E-state index in [1.165, 1.54) is 32.6 Å². The molecule has 0 saturated heterocycles. The highest BCUT2D eigenvalue weighted by Gasteiger charge is 2.03. The zero-order valence-corrected chi connectivity index (χ0v) is 9.67. The van der Waals surface area contributed by atoms with Crippen LogP contribution in [0.3, 0.4) is 0 Å². The number of hydrogen-bond donors (Lipinski definition) is 1. The molecule has 0 atom stereocenters. The first-order chi connectivity index (χ1) is 7.75. The van der Waals surface area contributed by atoms with Crippen molar-refractivity contribution in [2.45, 2.75) is 20.3 Å². The van der Waals surface area contributed by atoms with Gasteiger partial charge in [-0.15, -0.1) is 0 Å². The van der Waals surface area contributed by atoms with E-state index in [1.54, 1.807) is 0 Å². The average molecular weight is 209 g/mol. The smallest absolute Gasteiger partial charge is 0.0465 e. The Balaban J connectivity index is 2.58. The molecule has 1 aliphatic carbocycles. The van der Waals surface area contributed by atoms with Crippen molar-refractivity contribution in [3.63, 3.8) is 0 Å². The van der Waals surface area contributed by atoms with Gasteiger partial charge in [-0.1, -0.05) is 29.9 Å².